The van der Waals surface area contributed by atoms with Gasteiger partial charge < -0.3 is 4.42 Å². The SMILES string of the molecule is CCCC(=O)c1ccnc2nc(-c3c(Cl)cccc3Cl)oc12. The Kier molecular flexibility index (Phi) is 4.14. The van der Waals surface area contributed by atoms with E-state index >= 15 is 0 Å². The van der Waals surface area contributed by atoms with E-state index in [0.717, 1.165) is 6.42 Å². The molecule has 0 N–H and O–H groups in total. The summed E-state index contributed by atoms with van der Waals surface area (Å²) < 4.78 is 5.75. The maximum atomic E-state index is 12.2. The van der Waals surface area contributed by atoms with Gasteiger partial charge in [-0.2, -0.15) is 4.98 Å². The molecule has 112 valence electrons. The molecule has 0 unspecified atom stereocenters. The van der Waals surface area contributed by atoms with Crippen molar-refractivity contribution in [3.05, 3.63) is 46.1 Å². The summed E-state index contributed by atoms with van der Waals surface area (Å²) in [5, 5.41) is 0.862. The van der Waals surface area contributed by atoms with Crippen molar-refractivity contribution < 1.29 is 9.21 Å². The Bertz CT molecular complexity index is 838. The van der Waals surface area contributed by atoms with Gasteiger partial charge in [0.15, 0.2) is 17.0 Å². The molecule has 3 aromatic rings. The molecule has 0 aliphatic heterocycles. The number of Topliss-reactive ketones (excluding diaryl/α,β-unsaturated/α-hetero) is 1. The number of ketones is 1. The van der Waals surface area contributed by atoms with Crippen LogP contribution in [0, 0.1) is 0 Å². The van der Waals surface area contributed by atoms with E-state index in [2.05, 4.69) is 9.97 Å². The second kappa shape index (κ2) is 6.07. The summed E-state index contributed by atoms with van der Waals surface area (Å²) in [5.74, 6) is 0.262. The van der Waals surface area contributed by atoms with Gasteiger partial charge in [-0.3, -0.25) is 4.79 Å². The van der Waals surface area contributed by atoms with Gasteiger partial charge in [0.25, 0.3) is 0 Å². The van der Waals surface area contributed by atoms with Crippen LogP contribution in [0.15, 0.2) is 34.9 Å². The molecule has 0 saturated heterocycles. The highest BCUT2D eigenvalue weighted by atomic mass is 35.5. The molecule has 0 fully saturated rings. The lowest BCUT2D eigenvalue weighted by atomic mass is 10.1. The maximum Gasteiger partial charge on any atom is 0.231 e. The van der Waals surface area contributed by atoms with Gasteiger partial charge in [-0.25, -0.2) is 4.98 Å². The number of oxazole rings is 1. The first-order valence-electron chi connectivity index (χ1n) is 6.85. The second-order valence-corrected chi connectivity index (χ2v) is 5.61. The van der Waals surface area contributed by atoms with Crippen molar-refractivity contribution in [2.24, 2.45) is 0 Å². The quantitative estimate of drug-likeness (QED) is 0.617. The molecule has 0 amide bonds. The number of benzene rings is 1. The third-order valence-corrected chi connectivity index (χ3v) is 3.88. The summed E-state index contributed by atoms with van der Waals surface area (Å²) in [6.07, 6.45) is 2.76. The lowest BCUT2D eigenvalue weighted by molar-refractivity contribution is 0.0982. The molecule has 2 aromatic heterocycles. The lowest BCUT2D eigenvalue weighted by Gasteiger charge is -2.01. The van der Waals surface area contributed by atoms with Crippen LogP contribution >= 0.6 is 23.2 Å². The molecule has 0 spiro atoms. The van der Waals surface area contributed by atoms with Crippen molar-refractivity contribution in [2.75, 3.05) is 0 Å². The van der Waals surface area contributed by atoms with Crippen molar-refractivity contribution >= 4 is 40.2 Å². The monoisotopic (exact) mass is 334 g/mol. The summed E-state index contributed by atoms with van der Waals surface area (Å²) in [5.41, 5.74) is 1.71. The van der Waals surface area contributed by atoms with Crippen LogP contribution < -0.4 is 0 Å². The van der Waals surface area contributed by atoms with Gasteiger partial charge in [-0.1, -0.05) is 36.2 Å². The molecule has 6 heteroatoms. The minimum atomic E-state index is 0.00264. The van der Waals surface area contributed by atoms with Crippen molar-refractivity contribution in [1.29, 1.82) is 0 Å². The van der Waals surface area contributed by atoms with E-state index in [0.29, 0.717) is 38.8 Å². The molecule has 0 bridgehead atoms. The van der Waals surface area contributed by atoms with Gasteiger partial charge in [-0.05, 0) is 24.6 Å². The highest BCUT2D eigenvalue weighted by Crippen LogP contribution is 2.35. The van der Waals surface area contributed by atoms with Crippen molar-refractivity contribution in [2.45, 2.75) is 19.8 Å². The van der Waals surface area contributed by atoms with Gasteiger partial charge in [0, 0.05) is 12.6 Å². The molecule has 4 nitrogen and oxygen atoms in total. The fourth-order valence-corrected chi connectivity index (χ4v) is 2.78. The minimum Gasteiger partial charge on any atom is -0.433 e. The summed E-state index contributed by atoms with van der Waals surface area (Å²) in [6, 6.07) is 6.79. The molecule has 3 rings (SSSR count). The standard InChI is InChI=1S/C16H12Cl2N2O2/c1-2-4-12(21)9-7-8-19-15-14(9)22-16(20-15)13-10(17)5-3-6-11(13)18/h3,5-8H,2,4H2,1H3. The molecule has 0 atom stereocenters. The Labute approximate surface area is 137 Å². The van der Waals surface area contributed by atoms with E-state index in [1.807, 2.05) is 6.92 Å². The fourth-order valence-electron chi connectivity index (χ4n) is 2.22. The van der Waals surface area contributed by atoms with E-state index in [4.69, 9.17) is 27.6 Å². The Hall–Kier alpha value is -1.91. The average Bonchev–Trinajstić information content (AvgIpc) is 2.90. The number of nitrogens with zero attached hydrogens (tertiary/aromatic N) is 2. The number of hydrogen-bond acceptors (Lipinski definition) is 4. The van der Waals surface area contributed by atoms with Crippen LogP contribution in [-0.4, -0.2) is 15.8 Å². The van der Waals surface area contributed by atoms with Gasteiger partial charge >= 0.3 is 0 Å². The third-order valence-electron chi connectivity index (χ3n) is 3.25. The lowest BCUT2D eigenvalue weighted by Crippen LogP contribution is -1.98. The number of hydrogen-bond donors (Lipinski definition) is 0. The molecule has 22 heavy (non-hydrogen) atoms. The second-order valence-electron chi connectivity index (χ2n) is 4.80. The number of halogens is 2. The largest absolute Gasteiger partial charge is 0.433 e. The number of pyridine rings is 1. The molecule has 0 saturated carbocycles. The first kappa shape index (κ1) is 15.0. The van der Waals surface area contributed by atoms with Crippen LogP contribution in [0.5, 0.6) is 0 Å². The molecular formula is C16H12Cl2N2O2. The van der Waals surface area contributed by atoms with Crippen molar-refractivity contribution in [3.8, 4) is 11.5 Å². The average molecular weight is 335 g/mol. The van der Waals surface area contributed by atoms with Gasteiger partial charge in [0.1, 0.15) is 0 Å². The van der Waals surface area contributed by atoms with E-state index in [1.165, 1.54) is 0 Å². The normalized spacial score (nSPS) is 11.0. The number of carbonyl (C=O) groups excluding carboxylic acids is 1. The number of fused-ring (bicyclic) bond motifs is 1. The van der Waals surface area contributed by atoms with Crippen molar-refractivity contribution in [1.82, 2.24) is 9.97 Å². The predicted octanol–water partition coefficient (Wildman–Crippen LogP) is 5.18. The first-order valence-corrected chi connectivity index (χ1v) is 7.60. The van der Waals surface area contributed by atoms with Crippen LogP contribution in [0.2, 0.25) is 10.0 Å². The van der Waals surface area contributed by atoms with Gasteiger partial charge in [0.05, 0.1) is 21.2 Å². The predicted molar refractivity (Wildman–Crippen MR) is 86.5 cm³/mol. The first-order chi connectivity index (χ1) is 10.6. The minimum absolute atomic E-state index is 0.00264. The molecule has 0 aliphatic carbocycles. The summed E-state index contributed by atoms with van der Waals surface area (Å²) >= 11 is 12.3. The van der Waals surface area contributed by atoms with E-state index in [-0.39, 0.29) is 11.7 Å². The summed E-state index contributed by atoms with van der Waals surface area (Å²) in [6.45, 7) is 1.95. The Balaban J connectivity index is 2.19. The zero-order chi connectivity index (χ0) is 15.7. The zero-order valence-corrected chi connectivity index (χ0v) is 13.3. The molecule has 1 aromatic carbocycles. The van der Waals surface area contributed by atoms with Crippen LogP contribution in [-0.2, 0) is 0 Å². The number of aromatic nitrogens is 2. The van der Waals surface area contributed by atoms with Crippen LogP contribution in [0.25, 0.3) is 22.7 Å². The van der Waals surface area contributed by atoms with E-state index in [1.54, 1.807) is 30.5 Å². The topological polar surface area (TPSA) is 56.0 Å². The zero-order valence-electron chi connectivity index (χ0n) is 11.8. The van der Waals surface area contributed by atoms with E-state index in [9.17, 15) is 4.79 Å². The van der Waals surface area contributed by atoms with Crippen molar-refractivity contribution in [3.63, 3.8) is 0 Å². The highest BCUT2D eigenvalue weighted by molar-refractivity contribution is 6.38. The Morgan fingerprint density at radius 2 is 1.95 bits per heavy atom. The highest BCUT2D eigenvalue weighted by Gasteiger charge is 2.19. The van der Waals surface area contributed by atoms with Crippen LogP contribution in [0.4, 0.5) is 0 Å². The van der Waals surface area contributed by atoms with Crippen LogP contribution in [0.3, 0.4) is 0 Å². The number of rotatable bonds is 4. The van der Waals surface area contributed by atoms with E-state index < -0.39 is 0 Å². The molecule has 0 radical (unpaired) electrons. The Morgan fingerprint density at radius 3 is 2.64 bits per heavy atom. The maximum absolute atomic E-state index is 12.2. The van der Waals surface area contributed by atoms with Gasteiger partial charge in [0.2, 0.25) is 5.89 Å². The van der Waals surface area contributed by atoms with Gasteiger partial charge in [-0.15, -0.1) is 0 Å². The number of carbonyl (C=O) groups is 1. The molecular weight excluding hydrogens is 323 g/mol. The third kappa shape index (κ3) is 2.60. The molecule has 2 heterocycles. The fraction of sp³-hybridized carbons (Fsp3) is 0.188. The summed E-state index contributed by atoms with van der Waals surface area (Å²) in [7, 11) is 0. The van der Waals surface area contributed by atoms with Crippen LogP contribution in [0.1, 0.15) is 30.1 Å². The molecule has 0 aliphatic rings. The Morgan fingerprint density at radius 1 is 1.23 bits per heavy atom. The summed E-state index contributed by atoms with van der Waals surface area (Å²) in [4.78, 5) is 20.6. The smallest absolute Gasteiger partial charge is 0.231 e.